The van der Waals surface area contributed by atoms with E-state index in [9.17, 15) is 19.7 Å². The van der Waals surface area contributed by atoms with Gasteiger partial charge in [0.1, 0.15) is 12.2 Å². The lowest BCUT2D eigenvalue weighted by Gasteiger charge is -2.51. The number of anilines is 1. The Kier molecular flexibility index (Phi) is 4.84. The third kappa shape index (κ3) is 3.00. The molecule has 0 saturated carbocycles. The van der Waals surface area contributed by atoms with Gasteiger partial charge in [-0.15, -0.1) is 0 Å². The maximum absolute atomic E-state index is 13.2. The van der Waals surface area contributed by atoms with Crippen LogP contribution in [-0.4, -0.2) is 46.9 Å². The van der Waals surface area contributed by atoms with E-state index in [1.165, 1.54) is 12.1 Å². The Morgan fingerprint density at radius 3 is 2.69 bits per heavy atom. The average molecular weight is 360 g/mol. The minimum atomic E-state index is -0.548. The van der Waals surface area contributed by atoms with Crippen molar-refractivity contribution in [2.75, 3.05) is 18.0 Å². The van der Waals surface area contributed by atoms with Gasteiger partial charge in [0.05, 0.1) is 22.7 Å². The molecule has 0 aromatic heterocycles. The summed E-state index contributed by atoms with van der Waals surface area (Å²) in [5, 5.41) is 14.1. The van der Waals surface area contributed by atoms with Crippen LogP contribution in [0.1, 0.15) is 44.0 Å². The van der Waals surface area contributed by atoms with Crippen molar-refractivity contribution in [2.24, 2.45) is 5.92 Å². The van der Waals surface area contributed by atoms with Gasteiger partial charge in [0.25, 0.3) is 11.6 Å². The highest BCUT2D eigenvalue weighted by Crippen LogP contribution is 2.36. The van der Waals surface area contributed by atoms with Gasteiger partial charge in [0.2, 0.25) is 5.91 Å². The molecule has 8 nitrogen and oxygen atoms in total. The standard InChI is InChI=1S/C18H24N4O4/c1-4-5-15-17(23)19-9-16-20(10-11(2)3)14-7-6-12(22(25)26)8-13(14)18(24)21(15)16/h6-8,11,15-16H,4-5,9-10H2,1-3H3,(H,19,23)/t15-,16+/m1/s1. The van der Waals surface area contributed by atoms with Gasteiger partial charge >= 0.3 is 0 Å². The summed E-state index contributed by atoms with van der Waals surface area (Å²) in [6.45, 7) is 7.17. The number of non-ortho nitro benzene ring substituents is 1. The number of benzene rings is 1. The fraction of sp³-hybridized carbons (Fsp3) is 0.556. The van der Waals surface area contributed by atoms with Gasteiger partial charge in [-0.25, -0.2) is 0 Å². The average Bonchev–Trinajstić information content (AvgIpc) is 2.59. The second-order valence-corrected chi connectivity index (χ2v) is 7.25. The molecule has 2 aliphatic heterocycles. The maximum Gasteiger partial charge on any atom is 0.270 e. The van der Waals surface area contributed by atoms with Gasteiger partial charge in [0, 0.05) is 18.7 Å². The minimum Gasteiger partial charge on any atom is -0.350 e. The van der Waals surface area contributed by atoms with Gasteiger partial charge in [-0.3, -0.25) is 19.7 Å². The number of carbonyl (C=O) groups is 2. The van der Waals surface area contributed by atoms with Crippen LogP contribution in [0.25, 0.3) is 0 Å². The molecule has 2 amide bonds. The van der Waals surface area contributed by atoms with E-state index in [0.29, 0.717) is 36.7 Å². The molecule has 140 valence electrons. The van der Waals surface area contributed by atoms with Gasteiger partial charge in [-0.05, 0) is 18.4 Å². The fourth-order valence-electron chi connectivity index (χ4n) is 3.80. The molecule has 1 aromatic rings. The van der Waals surface area contributed by atoms with Crippen LogP contribution in [0.2, 0.25) is 0 Å². The lowest BCUT2D eigenvalue weighted by molar-refractivity contribution is -0.384. The molecule has 2 aliphatic rings. The first-order valence-electron chi connectivity index (χ1n) is 9.00. The van der Waals surface area contributed by atoms with Gasteiger partial charge in [0.15, 0.2) is 0 Å². The Bertz CT molecular complexity index is 749. The molecule has 1 aromatic carbocycles. The predicted octanol–water partition coefficient (Wildman–Crippen LogP) is 2.14. The van der Waals surface area contributed by atoms with Crippen molar-refractivity contribution >= 4 is 23.2 Å². The minimum absolute atomic E-state index is 0.117. The summed E-state index contributed by atoms with van der Waals surface area (Å²) in [6.07, 6.45) is 1.06. The van der Waals surface area contributed by atoms with Crippen molar-refractivity contribution in [3.63, 3.8) is 0 Å². The molecule has 0 spiro atoms. The number of nitro benzene ring substituents is 1. The Balaban J connectivity index is 2.12. The van der Waals surface area contributed by atoms with E-state index in [4.69, 9.17) is 0 Å². The highest BCUT2D eigenvalue weighted by Gasteiger charge is 2.46. The number of amides is 2. The van der Waals surface area contributed by atoms with E-state index in [0.717, 1.165) is 6.42 Å². The molecule has 0 unspecified atom stereocenters. The second kappa shape index (κ2) is 6.93. The van der Waals surface area contributed by atoms with Crippen LogP contribution in [0.4, 0.5) is 11.4 Å². The number of rotatable bonds is 5. The molecular weight excluding hydrogens is 336 g/mol. The third-order valence-electron chi connectivity index (χ3n) is 4.87. The zero-order valence-corrected chi connectivity index (χ0v) is 15.3. The van der Waals surface area contributed by atoms with E-state index in [1.807, 2.05) is 6.92 Å². The lowest BCUT2D eigenvalue weighted by Crippen LogP contribution is -2.69. The highest BCUT2D eigenvalue weighted by molar-refractivity contribution is 6.05. The van der Waals surface area contributed by atoms with Crippen LogP contribution >= 0.6 is 0 Å². The normalized spacial score (nSPS) is 22.2. The molecule has 8 heteroatoms. The van der Waals surface area contributed by atoms with Gasteiger partial charge in [-0.2, -0.15) is 0 Å². The SMILES string of the molecule is CCC[C@@H]1C(=O)NC[C@H]2N(CC(C)C)c3ccc([N+](=O)[O-])cc3C(=O)N12. The maximum atomic E-state index is 13.2. The molecule has 0 aliphatic carbocycles. The zero-order chi connectivity index (χ0) is 19.0. The van der Waals surface area contributed by atoms with E-state index in [-0.39, 0.29) is 23.7 Å². The van der Waals surface area contributed by atoms with Gasteiger partial charge < -0.3 is 15.1 Å². The molecule has 1 N–H and O–H groups in total. The number of piperazine rings is 1. The lowest BCUT2D eigenvalue weighted by atomic mass is 9.97. The molecule has 2 atom stereocenters. The summed E-state index contributed by atoms with van der Waals surface area (Å²) in [7, 11) is 0. The number of hydrogen-bond acceptors (Lipinski definition) is 5. The molecule has 3 rings (SSSR count). The molecule has 1 saturated heterocycles. The highest BCUT2D eigenvalue weighted by atomic mass is 16.6. The summed E-state index contributed by atoms with van der Waals surface area (Å²) in [5.41, 5.74) is 0.877. The summed E-state index contributed by atoms with van der Waals surface area (Å²) in [4.78, 5) is 39.9. The van der Waals surface area contributed by atoms with Crippen molar-refractivity contribution in [1.82, 2.24) is 10.2 Å². The number of fused-ring (bicyclic) bond motifs is 2. The van der Waals surface area contributed by atoms with E-state index >= 15 is 0 Å². The summed E-state index contributed by atoms with van der Waals surface area (Å²) < 4.78 is 0. The monoisotopic (exact) mass is 360 g/mol. The van der Waals surface area contributed by atoms with Crippen molar-refractivity contribution in [3.05, 3.63) is 33.9 Å². The number of nitrogens with one attached hydrogen (secondary N) is 1. The van der Waals surface area contributed by atoms with E-state index in [1.54, 1.807) is 11.0 Å². The number of carbonyl (C=O) groups excluding carboxylic acids is 2. The molecule has 2 heterocycles. The Hall–Kier alpha value is -2.64. The topological polar surface area (TPSA) is 95.8 Å². The Labute approximate surface area is 152 Å². The Morgan fingerprint density at radius 1 is 1.35 bits per heavy atom. The second-order valence-electron chi connectivity index (χ2n) is 7.25. The smallest absolute Gasteiger partial charge is 0.270 e. The molecular formula is C18H24N4O4. The zero-order valence-electron chi connectivity index (χ0n) is 15.3. The summed E-state index contributed by atoms with van der Waals surface area (Å²) >= 11 is 0. The summed E-state index contributed by atoms with van der Waals surface area (Å²) in [5.74, 6) is -0.132. The van der Waals surface area contributed by atoms with Gasteiger partial charge in [-0.1, -0.05) is 27.2 Å². The van der Waals surface area contributed by atoms with E-state index < -0.39 is 11.0 Å². The summed E-state index contributed by atoms with van der Waals surface area (Å²) in [6, 6.07) is 3.86. The number of nitrogens with zero attached hydrogens (tertiary/aromatic N) is 3. The van der Waals surface area contributed by atoms with Crippen LogP contribution in [-0.2, 0) is 4.79 Å². The number of hydrogen-bond donors (Lipinski definition) is 1. The van der Waals surface area contributed by atoms with Crippen molar-refractivity contribution in [3.8, 4) is 0 Å². The van der Waals surface area contributed by atoms with Crippen LogP contribution in [0, 0.1) is 16.0 Å². The van der Waals surface area contributed by atoms with Crippen molar-refractivity contribution in [2.45, 2.75) is 45.8 Å². The molecule has 1 fully saturated rings. The molecule has 0 bridgehead atoms. The number of nitro groups is 1. The van der Waals surface area contributed by atoms with Crippen LogP contribution in [0.5, 0.6) is 0 Å². The van der Waals surface area contributed by atoms with Crippen LogP contribution in [0.15, 0.2) is 18.2 Å². The Morgan fingerprint density at radius 2 is 2.08 bits per heavy atom. The predicted molar refractivity (Wildman–Crippen MR) is 96.9 cm³/mol. The quantitative estimate of drug-likeness (QED) is 0.641. The van der Waals surface area contributed by atoms with E-state index in [2.05, 4.69) is 24.1 Å². The largest absolute Gasteiger partial charge is 0.350 e. The van der Waals surface area contributed by atoms with Crippen molar-refractivity contribution < 1.29 is 14.5 Å². The molecule has 0 radical (unpaired) electrons. The van der Waals surface area contributed by atoms with Crippen molar-refractivity contribution in [1.29, 1.82) is 0 Å². The third-order valence-corrected chi connectivity index (χ3v) is 4.87. The first-order chi connectivity index (χ1) is 12.3. The first-order valence-corrected chi connectivity index (χ1v) is 9.00. The molecule has 26 heavy (non-hydrogen) atoms. The first kappa shape index (κ1) is 18.2. The van der Waals surface area contributed by atoms with Crippen LogP contribution < -0.4 is 10.2 Å². The fourth-order valence-corrected chi connectivity index (χ4v) is 3.80. The van der Waals surface area contributed by atoms with Crippen LogP contribution in [0.3, 0.4) is 0 Å².